The van der Waals surface area contributed by atoms with Crippen molar-refractivity contribution in [2.24, 2.45) is 0 Å². The van der Waals surface area contributed by atoms with E-state index in [4.69, 9.17) is 4.74 Å². The molecular formula is C15H18N2O2. The Labute approximate surface area is 112 Å². The summed E-state index contributed by atoms with van der Waals surface area (Å²) in [5, 5.41) is 9.99. The number of fused-ring (bicyclic) bond motifs is 1. The first-order valence-electron chi connectivity index (χ1n) is 6.73. The second-order valence-electron chi connectivity index (χ2n) is 4.88. The molecule has 4 nitrogen and oxygen atoms in total. The molecule has 0 spiro atoms. The smallest absolute Gasteiger partial charge is 0.122 e. The van der Waals surface area contributed by atoms with E-state index in [9.17, 15) is 5.11 Å². The van der Waals surface area contributed by atoms with E-state index in [2.05, 4.69) is 4.98 Å². The van der Waals surface area contributed by atoms with Crippen LogP contribution in [0.15, 0.2) is 36.9 Å². The molecule has 2 aromatic rings. The van der Waals surface area contributed by atoms with Gasteiger partial charge in [0, 0.05) is 12.4 Å². The van der Waals surface area contributed by atoms with Crippen molar-refractivity contribution in [3.63, 3.8) is 0 Å². The Morgan fingerprint density at radius 3 is 3.21 bits per heavy atom. The van der Waals surface area contributed by atoms with Crippen LogP contribution in [0.3, 0.4) is 0 Å². The van der Waals surface area contributed by atoms with Gasteiger partial charge in [-0.05, 0) is 36.5 Å². The summed E-state index contributed by atoms with van der Waals surface area (Å²) in [6.07, 6.45) is 8.01. The summed E-state index contributed by atoms with van der Waals surface area (Å²) in [5.74, 6) is 0.913. The fourth-order valence-corrected chi connectivity index (χ4v) is 2.61. The Morgan fingerprint density at radius 1 is 1.42 bits per heavy atom. The third-order valence-corrected chi connectivity index (χ3v) is 3.60. The zero-order chi connectivity index (χ0) is 13.1. The van der Waals surface area contributed by atoms with Crippen molar-refractivity contribution in [3.8, 4) is 5.75 Å². The predicted octanol–water partition coefficient (Wildman–Crippen LogP) is 2.33. The number of benzene rings is 1. The van der Waals surface area contributed by atoms with Crippen molar-refractivity contribution in [2.45, 2.75) is 31.9 Å². The molecule has 0 fully saturated rings. The maximum atomic E-state index is 9.99. The van der Waals surface area contributed by atoms with Gasteiger partial charge in [0.2, 0.25) is 0 Å². The lowest BCUT2D eigenvalue weighted by molar-refractivity contribution is 0.155. The standard InChI is InChI=1S/C15H18N2O2/c18-14-5-1-4-13-12(14)3-2-6-15(13)19-10-9-17-8-7-16-11-17/h2-3,6-8,11,14,18H,1,4-5,9-10H2. The number of aromatic nitrogens is 2. The van der Waals surface area contributed by atoms with E-state index in [1.54, 1.807) is 12.5 Å². The molecule has 0 saturated carbocycles. The minimum absolute atomic E-state index is 0.332. The van der Waals surface area contributed by atoms with Gasteiger partial charge in [-0.2, -0.15) is 0 Å². The molecule has 1 atom stereocenters. The van der Waals surface area contributed by atoms with Crippen LogP contribution in [0.4, 0.5) is 0 Å². The van der Waals surface area contributed by atoms with E-state index < -0.39 is 0 Å². The number of nitrogens with zero attached hydrogens (tertiary/aromatic N) is 2. The van der Waals surface area contributed by atoms with Crippen molar-refractivity contribution in [2.75, 3.05) is 6.61 Å². The van der Waals surface area contributed by atoms with Crippen molar-refractivity contribution in [1.29, 1.82) is 0 Å². The van der Waals surface area contributed by atoms with Crippen LogP contribution in [0.5, 0.6) is 5.75 Å². The zero-order valence-electron chi connectivity index (χ0n) is 10.8. The minimum Gasteiger partial charge on any atom is -0.491 e. The SMILES string of the molecule is OC1CCCc2c(OCCn3ccnc3)cccc21. The summed E-state index contributed by atoms with van der Waals surface area (Å²) in [4.78, 5) is 4.00. The van der Waals surface area contributed by atoms with Gasteiger partial charge in [-0.15, -0.1) is 0 Å². The molecule has 1 heterocycles. The third kappa shape index (κ3) is 2.63. The molecule has 0 radical (unpaired) electrons. The van der Waals surface area contributed by atoms with E-state index >= 15 is 0 Å². The highest BCUT2D eigenvalue weighted by Crippen LogP contribution is 2.35. The maximum absolute atomic E-state index is 9.99. The molecule has 19 heavy (non-hydrogen) atoms. The summed E-state index contributed by atoms with van der Waals surface area (Å²) in [6, 6.07) is 5.95. The Balaban J connectivity index is 1.69. The molecule has 1 N–H and O–H groups in total. The van der Waals surface area contributed by atoms with Crippen LogP contribution in [0, 0.1) is 0 Å². The van der Waals surface area contributed by atoms with Crippen LogP contribution >= 0.6 is 0 Å². The molecule has 1 aliphatic rings. The molecule has 4 heteroatoms. The van der Waals surface area contributed by atoms with Gasteiger partial charge in [0.1, 0.15) is 12.4 Å². The number of hydrogen-bond donors (Lipinski definition) is 1. The van der Waals surface area contributed by atoms with Gasteiger partial charge in [-0.3, -0.25) is 0 Å². The number of imidazole rings is 1. The summed E-state index contributed by atoms with van der Waals surface area (Å²) in [5.41, 5.74) is 2.21. The molecule has 1 unspecified atom stereocenters. The number of hydrogen-bond acceptors (Lipinski definition) is 3. The molecule has 0 bridgehead atoms. The van der Waals surface area contributed by atoms with E-state index in [0.29, 0.717) is 6.61 Å². The van der Waals surface area contributed by atoms with Crippen molar-refractivity contribution < 1.29 is 9.84 Å². The van der Waals surface area contributed by atoms with Gasteiger partial charge in [0.15, 0.2) is 0 Å². The molecular weight excluding hydrogens is 240 g/mol. The molecule has 1 aromatic carbocycles. The number of ether oxygens (including phenoxy) is 1. The van der Waals surface area contributed by atoms with Crippen LogP contribution in [-0.2, 0) is 13.0 Å². The second kappa shape index (κ2) is 5.45. The molecule has 0 saturated heterocycles. The van der Waals surface area contributed by atoms with Gasteiger partial charge < -0.3 is 14.4 Å². The second-order valence-corrected chi connectivity index (χ2v) is 4.88. The van der Waals surface area contributed by atoms with E-state index in [1.807, 2.05) is 29.0 Å². The highest BCUT2D eigenvalue weighted by Gasteiger charge is 2.20. The van der Waals surface area contributed by atoms with E-state index in [-0.39, 0.29) is 6.10 Å². The topological polar surface area (TPSA) is 47.3 Å². The van der Waals surface area contributed by atoms with Gasteiger partial charge in [-0.1, -0.05) is 12.1 Å². The summed E-state index contributed by atoms with van der Waals surface area (Å²) >= 11 is 0. The largest absolute Gasteiger partial charge is 0.491 e. The molecule has 1 aromatic heterocycles. The Morgan fingerprint density at radius 2 is 2.37 bits per heavy atom. The first-order chi connectivity index (χ1) is 9.34. The lowest BCUT2D eigenvalue weighted by atomic mass is 9.89. The number of aliphatic hydroxyl groups is 1. The summed E-state index contributed by atoms with van der Waals surface area (Å²) < 4.78 is 7.86. The van der Waals surface area contributed by atoms with Crippen LogP contribution < -0.4 is 4.74 Å². The van der Waals surface area contributed by atoms with Crippen LogP contribution in [-0.4, -0.2) is 21.3 Å². The monoisotopic (exact) mass is 258 g/mol. The van der Waals surface area contributed by atoms with Gasteiger partial charge in [0.05, 0.1) is 19.0 Å². The normalized spacial score (nSPS) is 18.1. The van der Waals surface area contributed by atoms with Crippen molar-refractivity contribution in [1.82, 2.24) is 9.55 Å². The Kier molecular flexibility index (Phi) is 3.51. The van der Waals surface area contributed by atoms with E-state index in [0.717, 1.165) is 37.1 Å². The lowest BCUT2D eigenvalue weighted by Gasteiger charge is -2.23. The van der Waals surface area contributed by atoms with Crippen molar-refractivity contribution in [3.05, 3.63) is 48.0 Å². The molecule has 0 amide bonds. The molecule has 100 valence electrons. The Bertz CT molecular complexity index is 537. The summed E-state index contributed by atoms with van der Waals surface area (Å²) in [6.45, 7) is 1.40. The fraction of sp³-hybridized carbons (Fsp3) is 0.400. The summed E-state index contributed by atoms with van der Waals surface area (Å²) in [7, 11) is 0. The van der Waals surface area contributed by atoms with Crippen LogP contribution in [0.25, 0.3) is 0 Å². The van der Waals surface area contributed by atoms with Gasteiger partial charge in [0.25, 0.3) is 0 Å². The number of rotatable bonds is 4. The highest BCUT2D eigenvalue weighted by atomic mass is 16.5. The fourth-order valence-electron chi connectivity index (χ4n) is 2.61. The van der Waals surface area contributed by atoms with Gasteiger partial charge >= 0.3 is 0 Å². The predicted molar refractivity (Wildman–Crippen MR) is 72.1 cm³/mol. The zero-order valence-corrected chi connectivity index (χ0v) is 10.8. The first-order valence-corrected chi connectivity index (χ1v) is 6.73. The minimum atomic E-state index is -0.332. The quantitative estimate of drug-likeness (QED) is 0.915. The third-order valence-electron chi connectivity index (χ3n) is 3.60. The molecule has 3 rings (SSSR count). The maximum Gasteiger partial charge on any atom is 0.122 e. The van der Waals surface area contributed by atoms with E-state index in [1.165, 1.54) is 5.56 Å². The average molecular weight is 258 g/mol. The number of aliphatic hydroxyl groups excluding tert-OH is 1. The Hall–Kier alpha value is -1.81. The van der Waals surface area contributed by atoms with Gasteiger partial charge in [-0.25, -0.2) is 4.98 Å². The van der Waals surface area contributed by atoms with Crippen LogP contribution in [0.1, 0.15) is 30.1 Å². The van der Waals surface area contributed by atoms with Crippen LogP contribution in [0.2, 0.25) is 0 Å². The van der Waals surface area contributed by atoms with Crippen molar-refractivity contribution >= 4 is 0 Å². The molecule has 1 aliphatic carbocycles. The lowest BCUT2D eigenvalue weighted by Crippen LogP contribution is -2.13. The highest BCUT2D eigenvalue weighted by molar-refractivity contribution is 5.42. The average Bonchev–Trinajstić information content (AvgIpc) is 2.93. The molecule has 0 aliphatic heterocycles. The first kappa shape index (κ1) is 12.2.